The zero-order valence-corrected chi connectivity index (χ0v) is 8.96. The maximum absolute atomic E-state index is 2.37. The van der Waals surface area contributed by atoms with Gasteiger partial charge in [-0.1, -0.05) is 31.5 Å². The number of fused-ring (bicyclic) bond motifs is 1. The second kappa shape index (κ2) is 3.87. The summed E-state index contributed by atoms with van der Waals surface area (Å²) in [5.41, 5.74) is 2.76. The van der Waals surface area contributed by atoms with Gasteiger partial charge in [0.1, 0.15) is 0 Å². The Morgan fingerprint density at radius 3 is 2.79 bits per heavy atom. The van der Waals surface area contributed by atoms with Gasteiger partial charge >= 0.3 is 0 Å². The van der Waals surface area contributed by atoms with Gasteiger partial charge in [-0.15, -0.1) is 0 Å². The first-order valence-corrected chi connectivity index (χ1v) is 5.37. The molecule has 1 aromatic carbocycles. The Morgan fingerprint density at radius 1 is 1.21 bits per heavy atom. The van der Waals surface area contributed by atoms with Gasteiger partial charge in [-0.05, 0) is 25.0 Å². The van der Waals surface area contributed by atoms with Gasteiger partial charge in [0.25, 0.3) is 0 Å². The number of hydrogen-bond donors (Lipinski definition) is 0. The molecule has 0 fully saturated rings. The Bertz CT molecular complexity index is 426. The van der Waals surface area contributed by atoms with E-state index in [1.165, 1.54) is 29.3 Å². The topological polar surface area (TPSA) is 4.93 Å². The highest BCUT2D eigenvalue weighted by atomic mass is 14.9. The predicted molar refractivity (Wildman–Crippen MR) is 61.6 cm³/mol. The van der Waals surface area contributed by atoms with Crippen molar-refractivity contribution in [2.45, 2.75) is 33.2 Å². The van der Waals surface area contributed by atoms with E-state index in [9.17, 15) is 0 Å². The molecule has 0 amide bonds. The van der Waals surface area contributed by atoms with Gasteiger partial charge in [0.05, 0.1) is 0 Å². The first-order chi connectivity index (χ1) is 6.83. The molecule has 1 aromatic heterocycles. The minimum atomic E-state index is 1.14. The molecule has 0 unspecified atom stereocenters. The molecule has 0 atom stereocenters. The molecular formula is C13H17N. The summed E-state index contributed by atoms with van der Waals surface area (Å²) in [5.74, 6) is 0. The Kier molecular flexibility index (Phi) is 2.58. The fourth-order valence-corrected chi connectivity index (χ4v) is 1.94. The van der Waals surface area contributed by atoms with Crippen molar-refractivity contribution in [3.05, 3.63) is 36.0 Å². The summed E-state index contributed by atoms with van der Waals surface area (Å²) < 4.78 is 2.37. The Morgan fingerprint density at radius 2 is 2.00 bits per heavy atom. The number of unbranched alkanes of at least 4 members (excludes halogenated alkanes) is 1. The molecule has 0 N–H and O–H groups in total. The molecule has 2 aromatic rings. The first-order valence-electron chi connectivity index (χ1n) is 5.37. The zero-order valence-electron chi connectivity index (χ0n) is 8.96. The number of aromatic nitrogens is 1. The number of nitrogens with zero attached hydrogens (tertiary/aromatic N) is 1. The minimum absolute atomic E-state index is 1.14. The van der Waals surface area contributed by atoms with E-state index in [4.69, 9.17) is 0 Å². The van der Waals surface area contributed by atoms with E-state index < -0.39 is 0 Å². The summed E-state index contributed by atoms with van der Waals surface area (Å²) in [6.45, 7) is 5.56. The Hall–Kier alpha value is -1.24. The lowest BCUT2D eigenvalue weighted by atomic mass is 10.2. The van der Waals surface area contributed by atoms with Crippen molar-refractivity contribution in [1.29, 1.82) is 0 Å². The summed E-state index contributed by atoms with van der Waals surface area (Å²) in [5, 5.41) is 1.39. The van der Waals surface area contributed by atoms with E-state index in [-0.39, 0.29) is 0 Å². The fraction of sp³-hybridized carbons (Fsp3) is 0.385. The summed E-state index contributed by atoms with van der Waals surface area (Å²) in [7, 11) is 0. The van der Waals surface area contributed by atoms with E-state index in [1.807, 2.05) is 0 Å². The first kappa shape index (κ1) is 9.32. The fourth-order valence-electron chi connectivity index (χ4n) is 1.94. The molecule has 1 nitrogen and oxygen atoms in total. The molecule has 0 aliphatic carbocycles. The number of hydrogen-bond acceptors (Lipinski definition) is 0. The molecule has 1 heteroatoms. The number of aryl methyl sites for hydroxylation is 2. The van der Waals surface area contributed by atoms with Gasteiger partial charge in [-0.3, -0.25) is 0 Å². The third-order valence-corrected chi connectivity index (χ3v) is 2.74. The molecule has 74 valence electrons. The predicted octanol–water partition coefficient (Wildman–Crippen LogP) is 3.75. The molecule has 0 saturated heterocycles. The van der Waals surface area contributed by atoms with Crippen LogP contribution in [0.4, 0.5) is 0 Å². The quantitative estimate of drug-likeness (QED) is 0.689. The SMILES string of the molecule is CCCCn1cc(C)c2ccccc21. The van der Waals surface area contributed by atoms with Crippen LogP contribution in [0.2, 0.25) is 0 Å². The van der Waals surface area contributed by atoms with Crippen LogP contribution in [0.3, 0.4) is 0 Å². The highest BCUT2D eigenvalue weighted by Gasteiger charge is 2.02. The number of para-hydroxylation sites is 1. The average molecular weight is 187 g/mol. The van der Waals surface area contributed by atoms with Gasteiger partial charge < -0.3 is 4.57 Å². The van der Waals surface area contributed by atoms with Crippen molar-refractivity contribution in [2.24, 2.45) is 0 Å². The average Bonchev–Trinajstić information content (AvgIpc) is 2.54. The minimum Gasteiger partial charge on any atom is -0.347 e. The van der Waals surface area contributed by atoms with Crippen molar-refractivity contribution in [3.8, 4) is 0 Å². The van der Waals surface area contributed by atoms with Crippen LogP contribution in [0.25, 0.3) is 10.9 Å². The zero-order chi connectivity index (χ0) is 9.97. The van der Waals surface area contributed by atoms with Gasteiger partial charge in [0.15, 0.2) is 0 Å². The van der Waals surface area contributed by atoms with Crippen molar-refractivity contribution < 1.29 is 0 Å². The van der Waals surface area contributed by atoms with E-state index >= 15 is 0 Å². The van der Waals surface area contributed by atoms with Crippen LogP contribution < -0.4 is 0 Å². The lowest BCUT2D eigenvalue weighted by Crippen LogP contribution is -1.94. The number of benzene rings is 1. The largest absolute Gasteiger partial charge is 0.347 e. The van der Waals surface area contributed by atoms with Crippen molar-refractivity contribution in [3.63, 3.8) is 0 Å². The molecule has 0 spiro atoms. The van der Waals surface area contributed by atoms with Crippen LogP contribution in [0.15, 0.2) is 30.5 Å². The summed E-state index contributed by atoms with van der Waals surface area (Å²) in [4.78, 5) is 0. The third kappa shape index (κ3) is 1.54. The summed E-state index contributed by atoms with van der Waals surface area (Å²) in [6.07, 6.45) is 4.78. The molecule has 0 saturated carbocycles. The Balaban J connectivity index is 2.44. The molecular weight excluding hydrogens is 170 g/mol. The summed E-state index contributed by atoms with van der Waals surface area (Å²) in [6, 6.07) is 8.63. The van der Waals surface area contributed by atoms with Crippen LogP contribution in [-0.2, 0) is 6.54 Å². The maximum Gasteiger partial charge on any atom is 0.0483 e. The van der Waals surface area contributed by atoms with E-state index in [0.29, 0.717) is 0 Å². The maximum atomic E-state index is 2.37. The monoisotopic (exact) mass is 187 g/mol. The van der Waals surface area contributed by atoms with E-state index in [1.54, 1.807) is 0 Å². The lowest BCUT2D eigenvalue weighted by Gasteiger charge is -2.02. The highest BCUT2D eigenvalue weighted by molar-refractivity contribution is 5.83. The highest BCUT2D eigenvalue weighted by Crippen LogP contribution is 2.20. The molecule has 1 heterocycles. The molecule has 2 rings (SSSR count). The van der Waals surface area contributed by atoms with Crippen LogP contribution in [0, 0.1) is 6.92 Å². The molecule has 0 bridgehead atoms. The van der Waals surface area contributed by atoms with Gasteiger partial charge in [0.2, 0.25) is 0 Å². The Labute approximate surface area is 85.4 Å². The van der Waals surface area contributed by atoms with Gasteiger partial charge in [-0.2, -0.15) is 0 Å². The van der Waals surface area contributed by atoms with Crippen LogP contribution >= 0.6 is 0 Å². The van der Waals surface area contributed by atoms with Crippen LogP contribution in [0.1, 0.15) is 25.3 Å². The normalized spacial score (nSPS) is 11.0. The smallest absolute Gasteiger partial charge is 0.0483 e. The third-order valence-electron chi connectivity index (χ3n) is 2.74. The van der Waals surface area contributed by atoms with E-state index in [0.717, 1.165) is 6.54 Å². The summed E-state index contributed by atoms with van der Waals surface area (Å²) >= 11 is 0. The standard InChI is InChI=1S/C13H17N/c1-3-4-9-14-10-11(2)12-7-5-6-8-13(12)14/h5-8,10H,3-4,9H2,1-2H3. The van der Waals surface area contributed by atoms with Crippen LogP contribution in [0.5, 0.6) is 0 Å². The van der Waals surface area contributed by atoms with Gasteiger partial charge in [-0.25, -0.2) is 0 Å². The second-order valence-electron chi connectivity index (χ2n) is 3.88. The van der Waals surface area contributed by atoms with Crippen molar-refractivity contribution in [1.82, 2.24) is 4.57 Å². The van der Waals surface area contributed by atoms with E-state index in [2.05, 4.69) is 48.9 Å². The van der Waals surface area contributed by atoms with Gasteiger partial charge in [0, 0.05) is 23.6 Å². The van der Waals surface area contributed by atoms with Crippen molar-refractivity contribution >= 4 is 10.9 Å². The lowest BCUT2D eigenvalue weighted by molar-refractivity contribution is 0.649. The number of rotatable bonds is 3. The van der Waals surface area contributed by atoms with Crippen LogP contribution in [-0.4, -0.2) is 4.57 Å². The van der Waals surface area contributed by atoms with Crippen molar-refractivity contribution in [2.75, 3.05) is 0 Å². The molecule has 0 aliphatic rings. The molecule has 0 aliphatic heterocycles. The molecule has 0 radical (unpaired) electrons. The second-order valence-corrected chi connectivity index (χ2v) is 3.88. The molecule has 14 heavy (non-hydrogen) atoms.